The van der Waals surface area contributed by atoms with Gasteiger partial charge in [-0.15, -0.1) is 0 Å². The molecular formula is C69H51NO2. The first-order valence-electron chi connectivity index (χ1n) is 25.8. The summed E-state index contributed by atoms with van der Waals surface area (Å²) in [5.41, 5.74) is 23.6. The Bertz CT molecular complexity index is 4110. The standard InChI is InChI=1S/C69H51NO2/c1-42-15-12-19-46(37-42)47-20-14-21-50(38-47)70(51-34-35-54-61(40-51)69(60-27-13-16-43(2)65(54)60)58-25-9-6-22-52(58)53-23-7-10-26-59(53)69)49-32-29-44(30-33-49)48-31-36-63-56(39-48)57-41-64-67(55-24-8-11-28-62(55)71-64)66(68(57)72-63)45-17-4-3-5-18-45/h3-6,8-14,16-22,24-43,65H,7,15,23H2,1-2H3/t42?,43?,65-,69?/m0/s1. The van der Waals surface area contributed by atoms with Gasteiger partial charge in [0.15, 0.2) is 0 Å². The van der Waals surface area contributed by atoms with Crippen molar-refractivity contribution in [3.8, 4) is 22.3 Å². The zero-order valence-electron chi connectivity index (χ0n) is 40.4. The summed E-state index contributed by atoms with van der Waals surface area (Å²) in [5, 5.41) is 4.28. The van der Waals surface area contributed by atoms with Gasteiger partial charge in [-0.25, -0.2) is 0 Å². The molecule has 0 N–H and O–H groups in total. The minimum Gasteiger partial charge on any atom is -0.456 e. The number of rotatable bonds is 6. The molecule has 15 rings (SSSR count). The topological polar surface area (TPSA) is 29.5 Å². The first-order chi connectivity index (χ1) is 35.5. The molecule has 3 unspecified atom stereocenters. The van der Waals surface area contributed by atoms with E-state index in [1.54, 1.807) is 0 Å². The van der Waals surface area contributed by atoms with Gasteiger partial charge < -0.3 is 13.7 Å². The lowest BCUT2D eigenvalue weighted by Crippen LogP contribution is -2.29. The molecule has 0 aliphatic heterocycles. The van der Waals surface area contributed by atoms with Gasteiger partial charge in [-0.1, -0.05) is 172 Å². The van der Waals surface area contributed by atoms with Crippen molar-refractivity contribution in [1.82, 2.24) is 0 Å². The van der Waals surface area contributed by atoms with Crippen LogP contribution in [0.3, 0.4) is 0 Å². The normalized spacial score (nSPS) is 20.6. The molecule has 344 valence electrons. The summed E-state index contributed by atoms with van der Waals surface area (Å²) in [6, 6.07) is 62.7. The van der Waals surface area contributed by atoms with Crippen LogP contribution in [0.25, 0.3) is 77.3 Å². The summed E-state index contributed by atoms with van der Waals surface area (Å²) in [4.78, 5) is 2.49. The Hall–Kier alpha value is -8.40. The first-order valence-corrected chi connectivity index (χ1v) is 25.8. The molecule has 10 aromatic rings. The highest BCUT2D eigenvalue weighted by molar-refractivity contribution is 6.23. The van der Waals surface area contributed by atoms with Crippen molar-refractivity contribution in [3.05, 3.63) is 257 Å². The molecule has 0 saturated carbocycles. The number of allylic oxidation sites excluding steroid dienone is 12. The van der Waals surface area contributed by atoms with E-state index in [9.17, 15) is 0 Å². The van der Waals surface area contributed by atoms with E-state index >= 15 is 0 Å². The van der Waals surface area contributed by atoms with E-state index in [4.69, 9.17) is 8.83 Å². The highest BCUT2D eigenvalue weighted by atomic mass is 16.3. The maximum absolute atomic E-state index is 6.85. The van der Waals surface area contributed by atoms with Crippen LogP contribution in [0.4, 0.5) is 17.1 Å². The van der Waals surface area contributed by atoms with Crippen molar-refractivity contribution >= 4 is 72.1 Å². The van der Waals surface area contributed by atoms with E-state index in [1.165, 1.54) is 50.1 Å². The molecule has 5 aliphatic carbocycles. The molecule has 0 radical (unpaired) electrons. The average molecular weight is 926 g/mol. The molecule has 2 aromatic heterocycles. The molecule has 3 heteroatoms. The number of benzene rings is 8. The second kappa shape index (κ2) is 15.8. The largest absolute Gasteiger partial charge is 0.456 e. The molecule has 8 aromatic carbocycles. The Balaban J connectivity index is 0.891. The molecule has 3 nitrogen and oxygen atoms in total. The Morgan fingerprint density at radius 3 is 2.26 bits per heavy atom. The maximum atomic E-state index is 6.85. The maximum Gasteiger partial charge on any atom is 0.144 e. The second-order valence-corrected chi connectivity index (χ2v) is 20.7. The molecule has 2 heterocycles. The molecule has 72 heavy (non-hydrogen) atoms. The lowest BCUT2D eigenvalue weighted by molar-refractivity contribution is 0.586. The minimum absolute atomic E-state index is 0.303. The van der Waals surface area contributed by atoms with Gasteiger partial charge in [-0.2, -0.15) is 0 Å². The zero-order chi connectivity index (χ0) is 47.7. The van der Waals surface area contributed by atoms with E-state index in [0.29, 0.717) is 17.8 Å². The van der Waals surface area contributed by atoms with Crippen LogP contribution in [0.1, 0.15) is 66.8 Å². The van der Waals surface area contributed by atoms with Gasteiger partial charge in [0.25, 0.3) is 0 Å². The lowest BCUT2D eigenvalue weighted by atomic mass is 9.66. The van der Waals surface area contributed by atoms with Crippen LogP contribution >= 0.6 is 0 Å². The van der Waals surface area contributed by atoms with Gasteiger partial charge in [0.05, 0.1) is 5.41 Å². The summed E-state index contributed by atoms with van der Waals surface area (Å²) in [6.45, 7) is 4.71. The molecule has 0 fully saturated rings. The van der Waals surface area contributed by atoms with Crippen LogP contribution in [0.15, 0.2) is 238 Å². The molecule has 0 amide bonds. The van der Waals surface area contributed by atoms with E-state index in [2.05, 4.69) is 225 Å². The van der Waals surface area contributed by atoms with E-state index < -0.39 is 0 Å². The molecule has 1 spiro atoms. The highest BCUT2D eigenvalue weighted by Gasteiger charge is 2.56. The van der Waals surface area contributed by atoms with Gasteiger partial charge in [-0.3, -0.25) is 0 Å². The minimum atomic E-state index is -0.350. The van der Waals surface area contributed by atoms with Crippen LogP contribution in [0, 0.1) is 11.8 Å². The van der Waals surface area contributed by atoms with Crippen LogP contribution in [0.2, 0.25) is 0 Å². The van der Waals surface area contributed by atoms with Gasteiger partial charge in [-0.05, 0) is 159 Å². The third-order valence-corrected chi connectivity index (χ3v) is 16.6. The van der Waals surface area contributed by atoms with Crippen molar-refractivity contribution in [3.63, 3.8) is 0 Å². The summed E-state index contributed by atoms with van der Waals surface area (Å²) in [5.74, 6) is 1.18. The SMILES string of the molecule is CC1C=C(c2cccc(N(c3ccc(-c4ccc5oc6c(-c7ccccc7)c7c(cc6c5c4)oc4ccccc47)cc3)c3ccc4c(c3)C3(C5=CC=CC(C)[C@H]54)C4=C(CCC=C4)c4ccccc43)c2)C=CC1. The quantitative estimate of drug-likeness (QED) is 0.166. The molecular weight excluding hydrogens is 875 g/mol. The van der Waals surface area contributed by atoms with Crippen LogP contribution < -0.4 is 4.90 Å². The van der Waals surface area contributed by atoms with Crippen LogP contribution in [-0.4, -0.2) is 0 Å². The fourth-order valence-electron chi connectivity index (χ4n) is 13.5. The molecule has 5 aliphatic rings. The average Bonchev–Trinajstić information content (AvgIpc) is 4.17. The Morgan fingerprint density at radius 1 is 0.569 bits per heavy atom. The zero-order valence-corrected chi connectivity index (χ0v) is 40.4. The van der Waals surface area contributed by atoms with Crippen LogP contribution in [-0.2, 0) is 5.41 Å². The smallest absolute Gasteiger partial charge is 0.144 e. The number of furan rings is 2. The summed E-state index contributed by atoms with van der Waals surface area (Å²) in [6.07, 6.45) is 22.3. The van der Waals surface area contributed by atoms with Crippen LogP contribution in [0.5, 0.6) is 0 Å². The van der Waals surface area contributed by atoms with Crippen molar-refractivity contribution in [2.75, 3.05) is 4.90 Å². The first kappa shape index (κ1) is 41.4. The van der Waals surface area contributed by atoms with Gasteiger partial charge in [0, 0.05) is 50.1 Å². The Kier molecular flexibility index (Phi) is 9.08. The van der Waals surface area contributed by atoms with Gasteiger partial charge >= 0.3 is 0 Å². The monoisotopic (exact) mass is 925 g/mol. The van der Waals surface area contributed by atoms with Gasteiger partial charge in [0.2, 0.25) is 0 Å². The number of fused-ring (bicyclic) bond motifs is 15. The number of nitrogens with zero attached hydrogens (tertiary/aromatic N) is 1. The third kappa shape index (κ3) is 5.97. The Morgan fingerprint density at radius 2 is 1.36 bits per heavy atom. The second-order valence-electron chi connectivity index (χ2n) is 20.7. The number of para-hydroxylation sites is 1. The fraction of sp³-hybridized carbons (Fsp3) is 0.130. The summed E-state index contributed by atoms with van der Waals surface area (Å²) >= 11 is 0. The molecule has 0 bridgehead atoms. The Labute approximate surface area is 419 Å². The number of hydrogen-bond donors (Lipinski definition) is 0. The van der Waals surface area contributed by atoms with E-state index in [1.807, 2.05) is 12.1 Å². The van der Waals surface area contributed by atoms with Crippen molar-refractivity contribution in [2.24, 2.45) is 11.8 Å². The number of hydrogen-bond acceptors (Lipinski definition) is 3. The fourth-order valence-corrected chi connectivity index (χ4v) is 13.5. The highest BCUT2D eigenvalue weighted by Crippen LogP contribution is 2.67. The lowest BCUT2D eigenvalue weighted by Gasteiger charge is -2.36. The third-order valence-electron chi connectivity index (χ3n) is 16.6. The molecule has 0 saturated heterocycles. The predicted molar refractivity (Wildman–Crippen MR) is 299 cm³/mol. The predicted octanol–water partition coefficient (Wildman–Crippen LogP) is 18.9. The van der Waals surface area contributed by atoms with Crippen molar-refractivity contribution < 1.29 is 8.83 Å². The van der Waals surface area contributed by atoms with Crippen molar-refractivity contribution in [1.29, 1.82) is 0 Å². The van der Waals surface area contributed by atoms with E-state index in [-0.39, 0.29) is 5.41 Å². The van der Waals surface area contributed by atoms with E-state index in [0.717, 1.165) is 102 Å². The molecule has 4 atom stereocenters. The van der Waals surface area contributed by atoms with Gasteiger partial charge in [0.1, 0.15) is 22.3 Å². The summed E-state index contributed by atoms with van der Waals surface area (Å²) < 4.78 is 13.4. The number of anilines is 3. The summed E-state index contributed by atoms with van der Waals surface area (Å²) in [7, 11) is 0. The van der Waals surface area contributed by atoms with Crippen molar-refractivity contribution in [2.45, 2.75) is 44.4 Å².